The van der Waals surface area contributed by atoms with E-state index in [9.17, 15) is 19.5 Å². The minimum absolute atomic E-state index is 0.0262. The number of amides is 1. The van der Waals surface area contributed by atoms with Gasteiger partial charge < -0.3 is 19.9 Å². The molecule has 1 amide bonds. The van der Waals surface area contributed by atoms with Crippen LogP contribution in [-0.2, 0) is 19.1 Å². The van der Waals surface area contributed by atoms with Crippen LogP contribution in [0.25, 0.3) is 0 Å². The van der Waals surface area contributed by atoms with Gasteiger partial charge in [-0.25, -0.2) is 0 Å². The number of ketones is 1. The van der Waals surface area contributed by atoms with Crippen molar-refractivity contribution in [1.82, 2.24) is 5.32 Å². The Bertz CT molecular complexity index is 812. The smallest absolute Gasteiger partial charge is 0.316 e. The Morgan fingerprint density at radius 1 is 1.23 bits per heavy atom. The second-order valence-electron chi connectivity index (χ2n) is 6.67. The number of hydrogen-bond acceptors (Lipinski definition) is 6. The summed E-state index contributed by atoms with van der Waals surface area (Å²) in [6.45, 7) is 1.79. The number of rotatable bonds is 3. The zero-order chi connectivity index (χ0) is 19.0. The van der Waals surface area contributed by atoms with Crippen molar-refractivity contribution < 1.29 is 29.0 Å². The number of aromatic hydroxyl groups is 1. The molecule has 7 heteroatoms. The molecule has 1 aliphatic heterocycles. The molecule has 0 saturated heterocycles. The highest BCUT2D eigenvalue weighted by atomic mass is 16.5. The Kier molecular flexibility index (Phi) is 4.71. The fourth-order valence-corrected chi connectivity index (χ4v) is 3.79. The van der Waals surface area contributed by atoms with Crippen LogP contribution in [0.1, 0.15) is 31.2 Å². The lowest BCUT2D eigenvalue weighted by Gasteiger charge is -2.36. The number of phenols is 1. The fraction of sp³-hybridized carbons (Fsp3) is 0.421. The summed E-state index contributed by atoms with van der Waals surface area (Å²) < 4.78 is 9.94. The van der Waals surface area contributed by atoms with Gasteiger partial charge in [-0.2, -0.15) is 0 Å². The van der Waals surface area contributed by atoms with Gasteiger partial charge in [-0.05, 0) is 30.0 Å². The molecule has 26 heavy (non-hydrogen) atoms. The summed E-state index contributed by atoms with van der Waals surface area (Å²) in [6, 6.07) is 4.74. The van der Waals surface area contributed by atoms with E-state index in [-0.39, 0.29) is 35.5 Å². The zero-order valence-corrected chi connectivity index (χ0v) is 14.9. The van der Waals surface area contributed by atoms with E-state index in [1.54, 1.807) is 19.1 Å². The lowest BCUT2D eigenvalue weighted by molar-refractivity contribution is -0.151. The molecule has 1 aromatic rings. The summed E-state index contributed by atoms with van der Waals surface area (Å²) in [5.74, 6) is -2.47. The van der Waals surface area contributed by atoms with Gasteiger partial charge in [0.2, 0.25) is 5.91 Å². The minimum atomic E-state index is -0.879. The highest BCUT2D eigenvalue weighted by Gasteiger charge is 2.45. The van der Waals surface area contributed by atoms with Crippen LogP contribution in [0.3, 0.4) is 0 Å². The molecule has 0 radical (unpaired) electrons. The SMILES string of the molecule is COC(=O)[C@@H]1C(=O)C2=C(C[C@H]1C)NC(=O)C[C@@H]2c1ccc(O)c(OC)c1. The number of phenolic OH excluding ortho intramolecular Hbond substituents is 1. The Hall–Kier alpha value is -2.83. The highest BCUT2D eigenvalue weighted by molar-refractivity contribution is 6.11. The predicted molar refractivity (Wildman–Crippen MR) is 91.5 cm³/mol. The maximum Gasteiger partial charge on any atom is 0.316 e. The lowest BCUT2D eigenvalue weighted by Crippen LogP contribution is -2.44. The van der Waals surface area contributed by atoms with E-state index in [1.165, 1.54) is 20.3 Å². The quantitative estimate of drug-likeness (QED) is 0.629. The second-order valence-corrected chi connectivity index (χ2v) is 6.67. The molecule has 0 bridgehead atoms. The van der Waals surface area contributed by atoms with E-state index < -0.39 is 17.8 Å². The van der Waals surface area contributed by atoms with Crippen molar-refractivity contribution in [2.45, 2.75) is 25.7 Å². The monoisotopic (exact) mass is 359 g/mol. The van der Waals surface area contributed by atoms with Gasteiger partial charge in [0, 0.05) is 23.6 Å². The van der Waals surface area contributed by atoms with Crippen LogP contribution in [-0.4, -0.2) is 37.0 Å². The number of carbonyl (C=O) groups excluding carboxylic acids is 3. The molecule has 1 heterocycles. The van der Waals surface area contributed by atoms with Crippen LogP contribution in [0.15, 0.2) is 29.5 Å². The molecule has 0 unspecified atom stereocenters. The van der Waals surface area contributed by atoms with Crippen LogP contribution in [0, 0.1) is 11.8 Å². The molecule has 0 saturated carbocycles. The van der Waals surface area contributed by atoms with Crippen LogP contribution < -0.4 is 10.1 Å². The Morgan fingerprint density at radius 3 is 2.62 bits per heavy atom. The minimum Gasteiger partial charge on any atom is -0.504 e. The number of esters is 1. The van der Waals surface area contributed by atoms with Crippen molar-refractivity contribution in [3.05, 3.63) is 35.0 Å². The van der Waals surface area contributed by atoms with Gasteiger partial charge >= 0.3 is 5.97 Å². The summed E-state index contributed by atoms with van der Waals surface area (Å²) in [5, 5.41) is 12.6. The molecule has 0 aromatic heterocycles. The van der Waals surface area contributed by atoms with Gasteiger partial charge in [-0.1, -0.05) is 13.0 Å². The standard InChI is InChI=1S/C19H21NO6/c1-9-6-12-17(18(23)16(9)19(24)26-3)11(8-15(22)20-12)10-4-5-13(21)14(7-10)25-2/h4-5,7,9,11,16,21H,6,8H2,1-3H3,(H,20,22)/t9-,11-,16+/m1/s1. The normalized spacial score (nSPS) is 25.4. The third-order valence-corrected chi connectivity index (χ3v) is 5.06. The number of benzene rings is 1. The van der Waals surface area contributed by atoms with Crippen molar-refractivity contribution >= 4 is 17.7 Å². The van der Waals surface area contributed by atoms with Gasteiger partial charge in [0.15, 0.2) is 17.3 Å². The van der Waals surface area contributed by atoms with E-state index >= 15 is 0 Å². The maximum atomic E-state index is 13.1. The first-order valence-electron chi connectivity index (χ1n) is 8.39. The number of methoxy groups -OCH3 is 2. The largest absolute Gasteiger partial charge is 0.504 e. The van der Waals surface area contributed by atoms with Crippen LogP contribution in [0.4, 0.5) is 0 Å². The second kappa shape index (κ2) is 6.82. The topological polar surface area (TPSA) is 102 Å². The number of hydrogen-bond donors (Lipinski definition) is 2. The van der Waals surface area contributed by atoms with Crippen molar-refractivity contribution in [1.29, 1.82) is 0 Å². The molecule has 3 rings (SSSR count). The Balaban J connectivity index is 2.08. The van der Waals surface area contributed by atoms with Crippen molar-refractivity contribution in [3.8, 4) is 11.5 Å². The number of carbonyl (C=O) groups is 3. The van der Waals surface area contributed by atoms with Crippen molar-refractivity contribution in [2.24, 2.45) is 11.8 Å². The summed E-state index contributed by atoms with van der Waals surface area (Å²) >= 11 is 0. The first-order valence-corrected chi connectivity index (χ1v) is 8.39. The predicted octanol–water partition coefficient (Wildman–Crippen LogP) is 1.66. The number of allylic oxidation sites excluding steroid dienone is 2. The molecule has 1 aliphatic carbocycles. The van der Waals surface area contributed by atoms with E-state index in [1.807, 2.05) is 0 Å². The Labute approximate surface area is 151 Å². The maximum absolute atomic E-state index is 13.1. The van der Waals surface area contributed by atoms with Gasteiger partial charge in [0.25, 0.3) is 0 Å². The first-order chi connectivity index (χ1) is 12.4. The molecule has 2 N–H and O–H groups in total. The first kappa shape index (κ1) is 18.0. The summed E-state index contributed by atoms with van der Waals surface area (Å²) in [6.07, 6.45) is 0.499. The molecule has 7 nitrogen and oxygen atoms in total. The van der Waals surface area contributed by atoms with Crippen molar-refractivity contribution in [2.75, 3.05) is 14.2 Å². The summed E-state index contributed by atoms with van der Waals surface area (Å²) in [4.78, 5) is 37.4. The number of nitrogens with one attached hydrogen (secondary N) is 1. The number of Topliss-reactive ketones (excluding diaryl/α,β-unsaturated/α-hetero) is 1. The van der Waals surface area contributed by atoms with Gasteiger partial charge in [-0.3, -0.25) is 14.4 Å². The fourth-order valence-electron chi connectivity index (χ4n) is 3.79. The van der Waals surface area contributed by atoms with Crippen LogP contribution >= 0.6 is 0 Å². The molecule has 138 valence electrons. The Morgan fingerprint density at radius 2 is 1.96 bits per heavy atom. The van der Waals surface area contributed by atoms with Gasteiger partial charge in [0.05, 0.1) is 14.2 Å². The van der Waals surface area contributed by atoms with E-state index in [0.29, 0.717) is 23.3 Å². The van der Waals surface area contributed by atoms with Gasteiger partial charge in [0.1, 0.15) is 5.92 Å². The zero-order valence-electron chi connectivity index (χ0n) is 14.9. The van der Waals surface area contributed by atoms with Crippen LogP contribution in [0.2, 0.25) is 0 Å². The van der Waals surface area contributed by atoms with E-state index in [4.69, 9.17) is 9.47 Å². The van der Waals surface area contributed by atoms with Crippen molar-refractivity contribution in [3.63, 3.8) is 0 Å². The molecule has 0 fully saturated rings. The molecule has 0 spiro atoms. The number of ether oxygens (including phenoxy) is 2. The summed E-state index contributed by atoms with van der Waals surface area (Å²) in [5.41, 5.74) is 1.68. The third-order valence-electron chi connectivity index (χ3n) is 5.06. The van der Waals surface area contributed by atoms with E-state index in [2.05, 4.69) is 5.32 Å². The summed E-state index contributed by atoms with van der Waals surface area (Å²) in [7, 11) is 2.69. The molecule has 2 aliphatic rings. The molecular weight excluding hydrogens is 338 g/mol. The van der Waals surface area contributed by atoms with Crippen LogP contribution in [0.5, 0.6) is 11.5 Å². The lowest BCUT2D eigenvalue weighted by atomic mass is 9.70. The molecule has 1 aromatic carbocycles. The van der Waals surface area contributed by atoms with Gasteiger partial charge in [-0.15, -0.1) is 0 Å². The molecular formula is C19H21NO6. The third kappa shape index (κ3) is 2.94. The van der Waals surface area contributed by atoms with E-state index in [0.717, 1.165) is 0 Å². The average Bonchev–Trinajstić information content (AvgIpc) is 2.60. The highest BCUT2D eigenvalue weighted by Crippen LogP contribution is 2.43. The average molecular weight is 359 g/mol. The molecule has 3 atom stereocenters.